The van der Waals surface area contributed by atoms with Gasteiger partial charge in [0.05, 0.1) is 17.4 Å². The van der Waals surface area contributed by atoms with E-state index in [1.54, 1.807) is 22.8 Å². The molecule has 0 saturated heterocycles. The highest BCUT2D eigenvalue weighted by Crippen LogP contribution is 2.23. The number of hydrogen-bond donors (Lipinski definition) is 0. The van der Waals surface area contributed by atoms with Crippen LogP contribution in [0.25, 0.3) is 28.1 Å². The molecule has 142 valence electrons. The Bertz CT molecular complexity index is 1420. The molecule has 0 spiro atoms. The fourth-order valence-electron chi connectivity index (χ4n) is 3.64. The topological polar surface area (TPSA) is 52.2 Å². The second-order valence-electron chi connectivity index (χ2n) is 7.06. The Morgan fingerprint density at radius 1 is 0.931 bits per heavy atom. The molecule has 0 bridgehead atoms. The van der Waals surface area contributed by atoms with Crippen LogP contribution in [0.15, 0.2) is 77.6 Å². The van der Waals surface area contributed by atoms with Gasteiger partial charge in [-0.1, -0.05) is 48.0 Å². The van der Waals surface area contributed by atoms with E-state index in [0.717, 1.165) is 22.2 Å². The van der Waals surface area contributed by atoms with Crippen molar-refractivity contribution in [3.8, 4) is 11.4 Å². The van der Waals surface area contributed by atoms with Gasteiger partial charge in [-0.2, -0.15) is 0 Å². The highest BCUT2D eigenvalue weighted by atomic mass is 19.1. The second-order valence-corrected chi connectivity index (χ2v) is 7.06. The lowest BCUT2D eigenvalue weighted by molar-refractivity contribution is 0.626. The SMILES string of the molecule is Cc1cccc(-c2nnc3n(Cc4ccc(F)cc4)c(=O)c4ccccc4n23)c1. The summed E-state index contributed by atoms with van der Waals surface area (Å²) in [5, 5.41) is 9.34. The van der Waals surface area contributed by atoms with E-state index in [4.69, 9.17) is 0 Å². The highest BCUT2D eigenvalue weighted by molar-refractivity contribution is 5.82. The quantitative estimate of drug-likeness (QED) is 0.468. The number of fused-ring (bicyclic) bond motifs is 3. The van der Waals surface area contributed by atoms with Crippen LogP contribution in [-0.2, 0) is 6.54 Å². The fourth-order valence-corrected chi connectivity index (χ4v) is 3.64. The Labute approximate surface area is 165 Å². The zero-order valence-electron chi connectivity index (χ0n) is 15.7. The number of para-hydroxylation sites is 1. The minimum Gasteiger partial charge on any atom is -0.272 e. The lowest BCUT2D eigenvalue weighted by Crippen LogP contribution is -2.24. The summed E-state index contributed by atoms with van der Waals surface area (Å²) in [4.78, 5) is 13.2. The van der Waals surface area contributed by atoms with Gasteiger partial charge in [0.15, 0.2) is 5.82 Å². The lowest BCUT2D eigenvalue weighted by atomic mass is 10.1. The molecule has 5 rings (SSSR count). The molecule has 0 atom stereocenters. The normalized spacial score (nSPS) is 11.4. The summed E-state index contributed by atoms with van der Waals surface area (Å²) in [7, 11) is 0. The van der Waals surface area contributed by atoms with Gasteiger partial charge < -0.3 is 0 Å². The maximum atomic E-state index is 13.3. The van der Waals surface area contributed by atoms with E-state index in [9.17, 15) is 9.18 Å². The van der Waals surface area contributed by atoms with E-state index in [1.165, 1.54) is 12.1 Å². The molecule has 0 aliphatic heterocycles. The Morgan fingerprint density at radius 2 is 1.72 bits per heavy atom. The number of rotatable bonds is 3. The molecule has 2 aromatic heterocycles. The minimum absolute atomic E-state index is 0.152. The van der Waals surface area contributed by atoms with Gasteiger partial charge in [-0.05, 0) is 42.8 Å². The monoisotopic (exact) mass is 384 g/mol. The first-order valence-corrected chi connectivity index (χ1v) is 9.30. The molecule has 0 unspecified atom stereocenters. The smallest absolute Gasteiger partial charge is 0.263 e. The molecule has 0 aliphatic rings. The van der Waals surface area contributed by atoms with Crippen molar-refractivity contribution in [1.82, 2.24) is 19.2 Å². The molecule has 29 heavy (non-hydrogen) atoms. The summed E-state index contributed by atoms with van der Waals surface area (Å²) in [6, 6.07) is 21.6. The van der Waals surface area contributed by atoms with Gasteiger partial charge in [-0.25, -0.2) is 4.39 Å². The first kappa shape index (κ1) is 17.3. The van der Waals surface area contributed by atoms with Crippen molar-refractivity contribution < 1.29 is 4.39 Å². The van der Waals surface area contributed by atoms with Crippen LogP contribution in [0.1, 0.15) is 11.1 Å². The van der Waals surface area contributed by atoms with E-state index in [1.807, 2.05) is 53.8 Å². The van der Waals surface area contributed by atoms with Crippen molar-refractivity contribution in [2.24, 2.45) is 0 Å². The first-order chi connectivity index (χ1) is 14.1. The molecule has 5 aromatic rings. The number of halogens is 1. The summed E-state index contributed by atoms with van der Waals surface area (Å²) in [5.41, 5.74) is 3.45. The summed E-state index contributed by atoms with van der Waals surface area (Å²) < 4.78 is 16.8. The van der Waals surface area contributed by atoms with Crippen molar-refractivity contribution in [1.29, 1.82) is 0 Å². The predicted molar refractivity (Wildman–Crippen MR) is 110 cm³/mol. The van der Waals surface area contributed by atoms with Gasteiger partial charge in [0.1, 0.15) is 5.82 Å². The number of aryl methyl sites for hydroxylation is 1. The number of benzene rings is 3. The summed E-state index contributed by atoms with van der Waals surface area (Å²) in [5.74, 6) is 0.816. The van der Waals surface area contributed by atoms with Crippen molar-refractivity contribution >= 4 is 16.7 Å². The first-order valence-electron chi connectivity index (χ1n) is 9.30. The molecule has 2 heterocycles. The van der Waals surface area contributed by atoms with E-state index in [0.29, 0.717) is 17.0 Å². The van der Waals surface area contributed by atoms with Gasteiger partial charge in [0.25, 0.3) is 5.56 Å². The Kier molecular flexibility index (Phi) is 3.98. The Morgan fingerprint density at radius 3 is 2.52 bits per heavy atom. The average Bonchev–Trinajstić information content (AvgIpc) is 3.18. The third-order valence-corrected chi connectivity index (χ3v) is 5.04. The second kappa shape index (κ2) is 6.67. The van der Waals surface area contributed by atoms with Gasteiger partial charge >= 0.3 is 0 Å². The number of nitrogens with zero attached hydrogens (tertiary/aromatic N) is 4. The third kappa shape index (κ3) is 2.89. The zero-order chi connectivity index (χ0) is 20.0. The van der Waals surface area contributed by atoms with Gasteiger partial charge in [0, 0.05) is 5.56 Å². The van der Waals surface area contributed by atoms with Crippen molar-refractivity contribution in [3.63, 3.8) is 0 Å². The number of hydrogen-bond acceptors (Lipinski definition) is 3. The Balaban J connectivity index is 1.82. The van der Waals surface area contributed by atoms with Gasteiger partial charge in [-0.3, -0.25) is 13.8 Å². The van der Waals surface area contributed by atoms with Crippen molar-refractivity contribution in [3.05, 3.63) is 100 Å². The molecular formula is C23H17FN4O. The maximum absolute atomic E-state index is 13.3. The van der Waals surface area contributed by atoms with Crippen LogP contribution in [0.3, 0.4) is 0 Å². The standard InChI is InChI=1S/C23H17FN4O/c1-15-5-4-6-17(13-15)21-25-26-23-27(14-16-9-11-18(24)12-10-16)22(29)19-7-2-3-8-20(19)28(21)23/h2-13H,14H2,1H3. The summed E-state index contributed by atoms with van der Waals surface area (Å²) >= 11 is 0. The molecule has 0 aliphatic carbocycles. The molecular weight excluding hydrogens is 367 g/mol. The van der Waals surface area contributed by atoms with Crippen LogP contribution in [-0.4, -0.2) is 19.2 Å². The molecule has 0 fully saturated rings. The van der Waals surface area contributed by atoms with E-state index < -0.39 is 0 Å². The molecule has 3 aromatic carbocycles. The van der Waals surface area contributed by atoms with E-state index >= 15 is 0 Å². The van der Waals surface area contributed by atoms with Crippen molar-refractivity contribution in [2.75, 3.05) is 0 Å². The molecule has 5 nitrogen and oxygen atoms in total. The summed E-state index contributed by atoms with van der Waals surface area (Å²) in [6.07, 6.45) is 0. The lowest BCUT2D eigenvalue weighted by Gasteiger charge is -2.12. The number of aromatic nitrogens is 4. The summed E-state index contributed by atoms with van der Waals surface area (Å²) in [6.45, 7) is 2.30. The maximum Gasteiger partial charge on any atom is 0.263 e. The molecule has 0 N–H and O–H groups in total. The van der Waals surface area contributed by atoms with Crippen LogP contribution in [0, 0.1) is 12.7 Å². The van der Waals surface area contributed by atoms with Crippen LogP contribution >= 0.6 is 0 Å². The largest absolute Gasteiger partial charge is 0.272 e. The van der Waals surface area contributed by atoms with Crippen LogP contribution < -0.4 is 5.56 Å². The third-order valence-electron chi connectivity index (χ3n) is 5.04. The zero-order valence-corrected chi connectivity index (χ0v) is 15.7. The van der Waals surface area contributed by atoms with E-state index in [2.05, 4.69) is 10.2 Å². The van der Waals surface area contributed by atoms with Gasteiger partial charge in [0.2, 0.25) is 5.78 Å². The molecule has 0 radical (unpaired) electrons. The van der Waals surface area contributed by atoms with Crippen molar-refractivity contribution in [2.45, 2.75) is 13.5 Å². The Hall–Kier alpha value is -3.80. The molecule has 0 amide bonds. The highest BCUT2D eigenvalue weighted by Gasteiger charge is 2.17. The van der Waals surface area contributed by atoms with E-state index in [-0.39, 0.29) is 17.9 Å². The molecule has 0 saturated carbocycles. The molecule has 6 heteroatoms. The van der Waals surface area contributed by atoms with Crippen LogP contribution in [0.2, 0.25) is 0 Å². The average molecular weight is 384 g/mol. The van der Waals surface area contributed by atoms with Gasteiger partial charge in [-0.15, -0.1) is 10.2 Å². The van der Waals surface area contributed by atoms with Crippen LogP contribution in [0.5, 0.6) is 0 Å². The fraction of sp³-hybridized carbons (Fsp3) is 0.0870. The minimum atomic E-state index is -0.311. The van der Waals surface area contributed by atoms with Crippen LogP contribution in [0.4, 0.5) is 4.39 Å². The predicted octanol–water partition coefficient (Wildman–Crippen LogP) is 4.21.